The summed E-state index contributed by atoms with van der Waals surface area (Å²) in [5.41, 5.74) is 6.77. The van der Waals surface area contributed by atoms with Crippen LogP contribution in [0.25, 0.3) is 0 Å². The zero-order valence-corrected chi connectivity index (χ0v) is 21.3. The molecule has 1 saturated heterocycles. The molecule has 4 aliphatic rings. The minimum atomic E-state index is -0.468. The molecule has 0 saturated carbocycles. The van der Waals surface area contributed by atoms with Gasteiger partial charge in [-0.15, -0.1) is 0 Å². The molecule has 186 valence electrons. The van der Waals surface area contributed by atoms with Crippen molar-refractivity contribution in [2.75, 3.05) is 10.2 Å². The molecule has 3 amide bonds. The van der Waals surface area contributed by atoms with Gasteiger partial charge in [-0.05, 0) is 65.1 Å². The van der Waals surface area contributed by atoms with Crippen molar-refractivity contribution >= 4 is 40.7 Å². The van der Waals surface area contributed by atoms with Crippen LogP contribution in [-0.2, 0) is 9.59 Å². The Morgan fingerprint density at radius 3 is 1.82 bits per heavy atom. The molecular formula is C32H23ClN2O3. The molecule has 5 nitrogen and oxygen atoms in total. The number of hydrogen-bond donors (Lipinski definition) is 1. The molecule has 0 spiro atoms. The van der Waals surface area contributed by atoms with E-state index in [0.29, 0.717) is 22.0 Å². The minimum absolute atomic E-state index is 0.170. The molecule has 3 aliphatic carbocycles. The first-order valence-electron chi connectivity index (χ1n) is 12.7. The lowest BCUT2D eigenvalue weighted by Gasteiger charge is -2.45. The fourth-order valence-electron chi connectivity index (χ4n) is 6.59. The topological polar surface area (TPSA) is 66.5 Å². The Labute approximate surface area is 225 Å². The smallest absolute Gasteiger partial charge is 0.255 e. The van der Waals surface area contributed by atoms with Crippen molar-refractivity contribution in [3.05, 3.63) is 129 Å². The lowest BCUT2D eigenvalue weighted by atomic mass is 9.55. The molecule has 2 atom stereocenters. The first-order valence-corrected chi connectivity index (χ1v) is 13.0. The van der Waals surface area contributed by atoms with Gasteiger partial charge in [0.25, 0.3) is 5.91 Å². The van der Waals surface area contributed by atoms with E-state index in [1.807, 2.05) is 37.3 Å². The summed E-state index contributed by atoms with van der Waals surface area (Å²) in [6.07, 6.45) is 0. The van der Waals surface area contributed by atoms with Crippen LogP contribution in [0.3, 0.4) is 0 Å². The summed E-state index contributed by atoms with van der Waals surface area (Å²) in [4.78, 5) is 42.3. The summed E-state index contributed by atoms with van der Waals surface area (Å²) in [6.45, 7) is 1.89. The number of nitrogens with one attached hydrogen (secondary N) is 1. The number of rotatable bonds is 3. The Kier molecular flexibility index (Phi) is 5.07. The van der Waals surface area contributed by atoms with E-state index in [1.165, 1.54) is 4.90 Å². The molecule has 1 fully saturated rings. The van der Waals surface area contributed by atoms with Crippen molar-refractivity contribution in [3.8, 4) is 0 Å². The van der Waals surface area contributed by atoms with E-state index in [0.717, 1.165) is 27.8 Å². The summed E-state index contributed by atoms with van der Waals surface area (Å²) in [6, 6.07) is 28.4. The number of anilines is 2. The molecule has 6 heteroatoms. The van der Waals surface area contributed by atoms with Crippen LogP contribution in [0.15, 0.2) is 91.0 Å². The Morgan fingerprint density at radius 2 is 1.29 bits per heavy atom. The molecule has 1 N–H and O–H groups in total. The number of halogens is 1. The third kappa shape index (κ3) is 3.21. The van der Waals surface area contributed by atoms with Crippen LogP contribution in [0.4, 0.5) is 11.4 Å². The van der Waals surface area contributed by atoms with Gasteiger partial charge in [-0.1, -0.05) is 72.3 Å². The lowest BCUT2D eigenvalue weighted by Crippen LogP contribution is -2.41. The van der Waals surface area contributed by atoms with Crippen LogP contribution in [0.1, 0.15) is 50.0 Å². The average molecular weight is 519 g/mol. The maximum absolute atomic E-state index is 14.0. The Hall–Kier alpha value is -4.22. The molecule has 0 radical (unpaired) electrons. The average Bonchev–Trinajstić information content (AvgIpc) is 3.21. The van der Waals surface area contributed by atoms with Crippen LogP contribution in [0, 0.1) is 18.8 Å². The maximum Gasteiger partial charge on any atom is 0.255 e. The quantitative estimate of drug-likeness (QED) is 0.324. The van der Waals surface area contributed by atoms with E-state index in [9.17, 15) is 14.4 Å². The summed E-state index contributed by atoms with van der Waals surface area (Å²) >= 11 is 6.21. The number of nitrogens with zero attached hydrogens (tertiary/aromatic N) is 1. The van der Waals surface area contributed by atoms with Gasteiger partial charge in [0, 0.05) is 28.1 Å². The van der Waals surface area contributed by atoms with Crippen LogP contribution in [0.2, 0.25) is 5.02 Å². The summed E-state index contributed by atoms with van der Waals surface area (Å²) in [7, 11) is 0. The van der Waals surface area contributed by atoms with Gasteiger partial charge in [-0.3, -0.25) is 14.4 Å². The Bertz CT molecular complexity index is 1560. The maximum atomic E-state index is 14.0. The summed E-state index contributed by atoms with van der Waals surface area (Å²) in [5.74, 6) is -2.03. The molecular weight excluding hydrogens is 496 g/mol. The highest BCUT2D eigenvalue weighted by Gasteiger charge is 2.61. The van der Waals surface area contributed by atoms with Crippen LogP contribution in [-0.4, -0.2) is 17.7 Å². The highest BCUT2D eigenvalue weighted by Crippen LogP contribution is 2.61. The first-order chi connectivity index (χ1) is 18.4. The molecule has 2 bridgehead atoms. The molecule has 8 rings (SSSR count). The third-order valence-corrected chi connectivity index (χ3v) is 8.65. The number of aryl methyl sites for hydroxylation is 1. The minimum Gasteiger partial charge on any atom is -0.322 e. The SMILES string of the molecule is Cc1ccc(NC(=O)c2cccc(N3C(=O)C4C5c6ccccc6C(c6ccccc65)C4C3=O)c2)cc1Cl. The van der Waals surface area contributed by atoms with Crippen molar-refractivity contribution < 1.29 is 14.4 Å². The van der Waals surface area contributed by atoms with E-state index < -0.39 is 11.8 Å². The summed E-state index contributed by atoms with van der Waals surface area (Å²) in [5, 5.41) is 3.41. The molecule has 4 aromatic carbocycles. The van der Waals surface area contributed by atoms with Gasteiger partial charge in [0.05, 0.1) is 17.5 Å². The zero-order chi connectivity index (χ0) is 26.1. The van der Waals surface area contributed by atoms with E-state index in [2.05, 4.69) is 29.6 Å². The number of imide groups is 1. The van der Waals surface area contributed by atoms with Crippen LogP contribution < -0.4 is 10.2 Å². The van der Waals surface area contributed by atoms with Gasteiger partial charge in [0.1, 0.15) is 0 Å². The number of carbonyl (C=O) groups excluding carboxylic acids is 3. The highest BCUT2D eigenvalue weighted by atomic mass is 35.5. The molecule has 1 heterocycles. The molecule has 38 heavy (non-hydrogen) atoms. The van der Waals surface area contributed by atoms with E-state index in [-0.39, 0.29) is 29.6 Å². The first kappa shape index (κ1) is 22.9. The van der Waals surface area contributed by atoms with E-state index in [4.69, 9.17) is 11.6 Å². The number of amides is 3. The van der Waals surface area contributed by atoms with E-state index in [1.54, 1.807) is 36.4 Å². The van der Waals surface area contributed by atoms with E-state index >= 15 is 0 Å². The Balaban J connectivity index is 1.25. The van der Waals surface area contributed by atoms with Gasteiger partial charge in [0.15, 0.2) is 0 Å². The van der Waals surface area contributed by atoms with Crippen molar-refractivity contribution in [1.29, 1.82) is 0 Å². The fraction of sp³-hybridized carbons (Fsp3) is 0.156. The van der Waals surface area contributed by atoms with Gasteiger partial charge >= 0.3 is 0 Å². The molecule has 0 aromatic heterocycles. The fourth-order valence-corrected chi connectivity index (χ4v) is 6.77. The largest absolute Gasteiger partial charge is 0.322 e. The van der Waals surface area contributed by atoms with Gasteiger partial charge in [-0.25, -0.2) is 4.90 Å². The van der Waals surface area contributed by atoms with Gasteiger partial charge in [-0.2, -0.15) is 0 Å². The standard InChI is InChI=1S/C32H23ClN2O3/c1-17-13-14-19(16-25(17)33)34-30(36)18-7-6-8-20(15-18)35-31(37)28-26-21-9-2-3-10-22(21)27(29(28)32(35)38)24-12-5-4-11-23(24)26/h2-16,26-29H,1H3,(H,34,36). The molecule has 4 aromatic rings. The van der Waals surface area contributed by atoms with Crippen LogP contribution in [0.5, 0.6) is 0 Å². The third-order valence-electron chi connectivity index (χ3n) is 8.24. The number of carbonyl (C=O) groups is 3. The van der Waals surface area contributed by atoms with Gasteiger partial charge < -0.3 is 5.32 Å². The normalized spacial score (nSPS) is 22.6. The zero-order valence-electron chi connectivity index (χ0n) is 20.5. The second kappa shape index (κ2) is 8.40. The van der Waals surface area contributed by atoms with Crippen molar-refractivity contribution in [2.45, 2.75) is 18.8 Å². The highest BCUT2D eigenvalue weighted by molar-refractivity contribution is 6.31. The predicted molar refractivity (Wildman–Crippen MR) is 147 cm³/mol. The second-order valence-corrected chi connectivity index (χ2v) is 10.7. The molecule has 1 aliphatic heterocycles. The van der Waals surface area contributed by atoms with Crippen molar-refractivity contribution in [2.24, 2.45) is 11.8 Å². The van der Waals surface area contributed by atoms with Crippen molar-refractivity contribution in [3.63, 3.8) is 0 Å². The van der Waals surface area contributed by atoms with Gasteiger partial charge in [0.2, 0.25) is 11.8 Å². The monoisotopic (exact) mass is 518 g/mol. The van der Waals surface area contributed by atoms with Crippen LogP contribution >= 0.6 is 11.6 Å². The number of benzene rings is 4. The van der Waals surface area contributed by atoms with Crippen molar-refractivity contribution in [1.82, 2.24) is 0 Å². The summed E-state index contributed by atoms with van der Waals surface area (Å²) < 4.78 is 0. The second-order valence-electron chi connectivity index (χ2n) is 10.2. The predicted octanol–water partition coefficient (Wildman–Crippen LogP) is 6.30. The molecule has 2 unspecified atom stereocenters. The number of hydrogen-bond acceptors (Lipinski definition) is 3. The Morgan fingerprint density at radius 1 is 0.737 bits per heavy atom. The lowest BCUT2D eigenvalue weighted by molar-refractivity contribution is -0.122.